The van der Waals surface area contributed by atoms with Crippen molar-refractivity contribution in [1.82, 2.24) is 0 Å². The quantitative estimate of drug-likeness (QED) is 0.0901. The zero-order valence-corrected chi connectivity index (χ0v) is 22.1. The summed E-state index contributed by atoms with van der Waals surface area (Å²) >= 11 is 5.96. The van der Waals surface area contributed by atoms with Crippen LogP contribution in [0.1, 0.15) is 76.7 Å². The van der Waals surface area contributed by atoms with Crippen LogP contribution in [0.25, 0.3) is 0 Å². The molecule has 4 nitrogen and oxygen atoms in total. The van der Waals surface area contributed by atoms with Gasteiger partial charge in [0.2, 0.25) is 0 Å². The number of nitro benzene ring substituents is 1. The molecular weight excluding hydrogens is 519 g/mol. The summed E-state index contributed by atoms with van der Waals surface area (Å²) in [6, 6.07) is 7.06. The molecule has 0 saturated heterocycles. The van der Waals surface area contributed by atoms with E-state index in [1.165, 1.54) is 80.4 Å². The number of ether oxygens (including phenoxy) is 1. The number of nitro groups is 1. The largest absolute Gasteiger partial charge is 0.456 e. The maximum atomic E-state index is 12.8. The van der Waals surface area contributed by atoms with Crippen LogP contribution in [0.4, 0.5) is 18.9 Å². The summed E-state index contributed by atoms with van der Waals surface area (Å²) in [6.45, 7) is 2.22. The van der Waals surface area contributed by atoms with Gasteiger partial charge in [-0.1, -0.05) is 97.9 Å². The number of alkyl halides is 3. The summed E-state index contributed by atoms with van der Waals surface area (Å²) in [5.74, 6) is 1.18. The summed E-state index contributed by atoms with van der Waals surface area (Å²) < 4.78 is 44.1. The predicted octanol–water partition coefficient (Wildman–Crippen LogP) is 10.7. The summed E-state index contributed by atoms with van der Waals surface area (Å²) in [7, 11) is 2.85. The Labute approximate surface area is 217 Å². The lowest BCUT2D eigenvalue weighted by atomic mass is 10.1. The summed E-state index contributed by atoms with van der Waals surface area (Å²) in [5, 5.41) is 11.2. The van der Waals surface area contributed by atoms with Crippen LogP contribution in [-0.2, 0) is 6.18 Å². The van der Waals surface area contributed by atoms with Crippen molar-refractivity contribution in [3.63, 3.8) is 0 Å². The van der Waals surface area contributed by atoms with Crippen molar-refractivity contribution in [3.05, 3.63) is 57.1 Å². The first kappa shape index (κ1) is 29.6. The highest BCUT2D eigenvalue weighted by Gasteiger charge is 2.31. The van der Waals surface area contributed by atoms with Crippen molar-refractivity contribution in [2.45, 2.75) is 82.2 Å². The summed E-state index contributed by atoms with van der Waals surface area (Å²) in [5.41, 5.74) is -0.922. The van der Waals surface area contributed by atoms with Gasteiger partial charge in [0.15, 0.2) is 0 Å². The second kappa shape index (κ2) is 15.5. The number of benzene rings is 2. The molecule has 194 valence electrons. The van der Waals surface area contributed by atoms with E-state index in [0.29, 0.717) is 4.90 Å². The van der Waals surface area contributed by atoms with Crippen molar-refractivity contribution < 1.29 is 22.8 Å². The fourth-order valence-corrected chi connectivity index (χ4v) is 5.94. The number of unbranched alkanes of at least 4 members (excludes halogenated alkanes) is 9. The van der Waals surface area contributed by atoms with E-state index in [-0.39, 0.29) is 22.2 Å². The van der Waals surface area contributed by atoms with E-state index < -0.39 is 16.7 Å². The fourth-order valence-electron chi connectivity index (χ4n) is 3.42. The molecule has 2 aromatic rings. The Balaban J connectivity index is 1.83. The van der Waals surface area contributed by atoms with Gasteiger partial charge in [-0.3, -0.25) is 10.1 Å². The molecule has 0 atom stereocenters. The third-order valence-corrected chi connectivity index (χ3v) is 8.11. The van der Waals surface area contributed by atoms with Crippen LogP contribution in [0.15, 0.2) is 41.3 Å². The van der Waals surface area contributed by atoms with E-state index in [1.807, 2.05) is 0 Å². The molecule has 10 heteroatoms. The van der Waals surface area contributed by atoms with Gasteiger partial charge in [0.1, 0.15) is 11.5 Å². The van der Waals surface area contributed by atoms with E-state index in [9.17, 15) is 23.3 Å². The SMILES string of the molecule is CCCCCCCCCCCCSSc1cc(Oc2ccc(C(F)(F)F)cc2Cl)ccc1[N+](=O)[O-]. The molecule has 0 unspecified atom stereocenters. The molecule has 0 bridgehead atoms. The Morgan fingerprint density at radius 2 is 1.57 bits per heavy atom. The number of hydrogen-bond acceptors (Lipinski definition) is 5. The lowest BCUT2D eigenvalue weighted by Crippen LogP contribution is -2.04. The average molecular weight is 550 g/mol. The molecule has 0 aliphatic rings. The third-order valence-electron chi connectivity index (χ3n) is 5.34. The Morgan fingerprint density at radius 1 is 0.943 bits per heavy atom. The maximum Gasteiger partial charge on any atom is 0.416 e. The van der Waals surface area contributed by atoms with E-state index in [0.717, 1.165) is 36.8 Å². The minimum Gasteiger partial charge on any atom is -0.456 e. The fraction of sp³-hybridized carbons (Fsp3) is 0.520. The van der Waals surface area contributed by atoms with Crippen LogP contribution in [0, 0.1) is 10.1 Å². The molecule has 0 aromatic heterocycles. The molecule has 0 fully saturated rings. The highest BCUT2D eigenvalue weighted by atomic mass is 35.5. The molecule has 2 aromatic carbocycles. The molecule has 2 rings (SSSR count). The maximum absolute atomic E-state index is 12.8. The average Bonchev–Trinajstić information content (AvgIpc) is 2.80. The first-order valence-electron chi connectivity index (χ1n) is 11.8. The molecule has 0 amide bonds. The van der Waals surface area contributed by atoms with Gasteiger partial charge in [0.05, 0.1) is 20.4 Å². The van der Waals surface area contributed by atoms with Crippen LogP contribution in [0.5, 0.6) is 11.5 Å². The second-order valence-electron chi connectivity index (χ2n) is 8.22. The van der Waals surface area contributed by atoms with Crippen LogP contribution < -0.4 is 4.74 Å². The zero-order valence-electron chi connectivity index (χ0n) is 19.7. The van der Waals surface area contributed by atoms with Crippen LogP contribution in [0.3, 0.4) is 0 Å². The molecule has 0 aliphatic carbocycles. The minimum absolute atomic E-state index is 0.0440. The summed E-state index contributed by atoms with van der Waals surface area (Å²) in [4.78, 5) is 11.4. The number of rotatable bonds is 16. The van der Waals surface area contributed by atoms with Gasteiger partial charge in [-0.2, -0.15) is 13.2 Å². The zero-order chi connectivity index (χ0) is 25.7. The third kappa shape index (κ3) is 10.9. The minimum atomic E-state index is -4.51. The first-order chi connectivity index (χ1) is 16.7. The van der Waals surface area contributed by atoms with Gasteiger partial charge < -0.3 is 4.74 Å². The van der Waals surface area contributed by atoms with Crippen molar-refractivity contribution in [2.75, 3.05) is 5.75 Å². The smallest absolute Gasteiger partial charge is 0.416 e. The van der Waals surface area contributed by atoms with Gasteiger partial charge in [0.25, 0.3) is 5.69 Å². The lowest BCUT2D eigenvalue weighted by molar-refractivity contribution is -0.387. The predicted molar refractivity (Wildman–Crippen MR) is 140 cm³/mol. The van der Waals surface area contributed by atoms with Gasteiger partial charge in [-0.15, -0.1) is 0 Å². The van der Waals surface area contributed by atoms with Gasteiger partial charge >= 0.3 is 6.18 Å². The molecule has 35 heavy (non-hydrogen) atoms. The Hall–Kier alpha value is -1.58. The summed E-state index contributed by atoms with van der Waals surface area (Å²) in [6.07, 6.45) is 7.97. The van der Waals surface area contributed by atoms with Crippen LogP contribution in [0.2, 0.25) is 5.02 Å². The van der Waals surface area contributed by atoms with Gasteiger partial charge in [-0.05, 0) is 30.7 Å². The molecule has 0 heterocycles. The van der Waals surface area contributed by atoms with Gasteiger partial charge in [0, 0.05) is 17.9 Å². The van der Waals surface area contributed by atoms with E-state index in [2.05, 4.69) is 6.92 Å². The van der Waals surface area contributed by atoms with E-state index in [4.69, 9.17) is 16.3 Å². The standard InChI is InChI=1S/C25H31ClF3NO3S2/c1-2-3-4-5-6-7-8-9-10-11-16-34-35-24-18-20(13-14-22(24)30(31)32)33-23-15-12-19(17-21(23)26)25(27,28)29/h12-15,17-18H,2-11,16H2,1H3. The van der Waals surface area contributed by atoms with E-state index in [1.54, 1.807) is 10.8 Å². The molecule has 0 saturated carbocycles. The number of hydrogen-bond donors (Lipinski definition) is 0. The Kier molecular flexibility index (Phi) is 13.1. The highest BCUT2D eigenvalue weighted by Crippen LogP contribution is 2.42. The van der Waals surface area contributed by atoms with Crippen molar-refractivity contribution in [2.24, 2.45) is 0 Å². The van der Waals surface area contributed by atoms with Crippen molar-refractivity contribution >= 4 is 38.9 Å². The molecule has 0 N–H and O–H groups in total. The molecule has 0 radical (unpaired) electrons. The first-order valence-corrected chi connectivity index (χ1v) is 14.5. The molecule has 0 spiro atoms. The second-order valence-corrected chi connectivity index (χ2v) is 11.1. The number of halogens is 4. The molecular formula is C25H31ClF3NO3S2. The van der Waals surface area contributed by atoms with Crippen LogP contribution in [-0.4, -0.2) is 10.7 Å². The number of nitrogens with zero attached hydrogens (tertiary/aromatic N) is 1. The lowest BCUT2D eigenvalue weighted by Gasteiger charge is -2.12. The van der Waals surface area contributed by atoms with Crippen LogP contribution >= 0.6 is 33.2 Å². The Bertz CT molecular complexity index is 945. The van der Waals surface area contributed by atoms with Crippen molar-refractivity contribution in [3.8, 4) is 11.5 Å². The molecule has 0 aliphatic heterocycles. The Morgan fingerprint density at radius 3 is 2.14 bits per heavy atom. The monoisotopic (exact) mass is 549 g/mol. The highest BCUT2D eigenvalue weighted by molar-refractivity contribution is 8.76. The normalized spacial score (nSPS) is 11.6. The van der Waals surface area contributed by atoms with Crippen molar-refractivity contribution in [1.29, 1.82) is 0 Å². The topological polar surface area (TPSA) is 52.4 Å². The van der Waals surface area contributed by atoms with E-state index >= 15 is 0 Å². The van der Waals surface area contributed by atoms with Gasteiger partial charge in [-0.25, -0.2) is 0 Å².